The van der Waals surface area contributed by atoms with Gasteiger partial charge in [0.25, 0.3) is 5.91 Å². The van der Waals surface area contributed by atoms with E-state index < -0.39 is 0 Å². The number of hydrogen-bond acceptors (Lipinski definition) is 7. The van der Waals surface area contributed by atoms with Crippen LogP contribution in [0.1, 0.15) is 15.9 Å². The summed E-state index contributed by atoms with van der Waals surface area (Å²) < 4.78 is 1.51. The first-order valence-electron chi connectivity index (χ1n) is 8.36. The number of nitrogens with one attached hydrogen (secondary N) is 2. The smallest absolute Gasteiger partial charge is 0.252 e. The fraction of sp³-hybridized carbons (Fsp3) is 0.158. The quantitative estimate of drug-likeness (QED) is 0.634. The standard InChI is InChI=1S/C19H16N8O/c1-13-10-23-19(25-16-11-24-27(12-16)9-7-21)26-17(13)14-2-4-15(5-3-14)18(28)22-8-6-20/h2-5,10-12H,8-9H2,1H3,(H,22,28)(H,23,25,26). The number of hydrogen-bond donors (Lipinski definition) is 2. The third-order valence-corrected chi connectivity index (χ3v) is 3.84. The van der Waals surface area contributed by atoms with Crippen molar-refractivity contribution in [2.24, 2.45) is 0 Å². The van der Waals surface area contributed by atoms with Crippen LogP contribution in [0.2, 0.25) is 0 Å². The highest BCUT2D eigenvalue weighted by Crippen LogP contribution is 2.23. The molecule has 0 aliphatic carbocycles. The summed E-state index contributed by atoms with van der Waals surface area (Å²) in [5, 5.41) is 26.9. The molecule has 3 rings (SSSR count). The van der Waals surface area contributed by atoms with Crippen LogP contribution >= 0.6 is 0 Å². The zero-order chi connectivity index (χ0) is 19.9. The second-order valence-electron chi connectivity index (χ2n) is 5.85. The molecule has 2 aromatic heterocycles. The van der Waals surface area contributed by atoms with Gasteiger partial charge in [-0.15, -0.1) is 0 Å². The van der Waals surface area contributed by atoms with Crippen LogP contribution < -0.4 is 10.6 Å². The molecule has 9 nitrogen and oxygen atoms in total. The van der Waals surface area contributed by atoms with Crippen molar-refractivity contribution in [3.05, 3.63) is 54.0 Å². The van der Waals surface area contributed by atoms with Crippen LogP contribution in [0.5, 0.6) is 0 Å². The molecule has 0 aliphatic rings. The number of amides is 1. The maximum Gasteiger partial charge on any atom is 0.252 e. The molecule has 0 spiro atoms. The zero-order valence-electron chi connectivity index (χ0n) is 15.0. The van der Waals surface area contributed by atoms with E-state index in [1.54, 1.807) is 42.9 Å². The van der Waals surface area contributed by atoms with Gasteiger partial charge in [-0.2, -0.15) is 15.6 Å². The monoisotopic (exact) mass is 372 g/mol. The number of rotatable bonds is 6. The van der Waals surface area contributed by atoms with Gasteiger partial charge >= 0.3 is 0 Å². The van der Waals surface area contributed by atoms with Gasteiger partial charge in [0, 0.05) is 23.5 Å². The molecule has 0 saturated heterocycles. The number of aryl methyl sites for hydroxylation is 1. The molecule has 2 heterocycles. The van der Waals surface area contributed by atoms with E-state index in [1.165, 1.54) is 4.68 Å². The second-order valence-corrected chi connectivity index (χ2v) is 5.85. The topological polar surface area (TPSA) is 132 Å². The van der Waals surface area contributed by atoms with Crippen molar-refractivity contribution < 1.29 is 4.79 Å². The van der Waals surface area contributed by atoms with Crippen molar-refractivity contribution in [3.8, 4) is 23.4 Å². The molecule has 9 heteroatoms. The molecular weight excluding hydrogens is 356 g/mol. The van der Waals surface area contributed by atoms with Gasteiger partial charge < -0.3 is 10.6 Å². The van der Waals surface area contributed by atoms with Gasteiger partial charge in [0.15, 0.2) is 0 Å². The van der Waals surface area contributed by atoms with Gasteiger partial charge in [-0.05, 0) is 24.6 Å². The third-order valence-electron chi connectivity index (χ3n) is 3.84. The summed E-state index contributed by atoms with van der Waals surface area (Å²) in [5.74, 6) is 0.0946. The number of anilines is 2. The van der Waals surface area contributed by atoms with E-state index in [0.29, 0.717) is 17.2 Å². The minimum atomic E-state index is -0.302. The van der Waals surface area contributed by atoms with Gasteiger partial charge in [0.2, 0.25) is 5.95 Å². The van der Waals surface area contributed by atoms with E-state index >= 15 is 0 Å². The molecule has 28 heavy (non-hydrogen) atoms. The van der Waals surface area contributed by atoms with Crippen LogP contribution in [0.15, 0.2) is 42.9 Å². The maximum atomic E-state index is 11.9. The molecule has 1 aromatic carbocycles. The Morgan fingerprint density at radius 1 is 1.18 bits per heavy atom. The lowest BCUT2D eigenvalue weighted by molar-refractivity contribution is 0.0958. The lowest BCUT2D eigenvalue weighted by Crippen LogP contribution is -2.23. The Labute approximate surface area is 161 Å². The highest BCUT2D eigenvalue weighted by Gasteiger charge is 2.10. The Morgan fingerprint density at radius 3 is 2.68 bits per heavy atom. The molecule has 0 radical (unpaired) electrons. The van der Waals surface area contributed by atoms with Crippen LogP contribution in [0, 0.1) is 29.6 Å². The van der Waals surface area contributed by atoms with Crippen LogP contribution in [0.25, 0.3) is 11.3 Å². The predicted molar refractivity (Wildman–Crippen MR) is 101 cm³/mol. The Morgan fingerprint density at radius 2 is 1.96 bits per heavy atom. The van der Waals surface area contributed by atoms with Gasteiger partial charge in [0.1, 0.15) is 13.1 Å². The number of carbonyl (C=O) groups is 1. The highest BCUT2D eigenvalue weighted by atomic mass is 16.1. The summed E-state index contributed by atoms with van der Waals surface area (Å²) >= 11 is 0. The molecule has 1 amide bonds. The summed E-state index contributed by atoms with van der Waals surface area (Å²) in [7, 11) is 0. The first-order chi connectivity index (χ1) is 13.6. The van der Waals surface area contributed by atoms with Crippen LogP contribution in [0.3, 0.4) is 0 Å². The van der Waals surface area contributed by atoms with Crippen LogP contribution in [-0.4, -0.2) is 32.2 Å². The molecule has 2 N–H and O–H groups in total. The lowest BCUT2D eigenvalue weighted by Gasteiger charge is -2.09. The van der Waals surface area contributed by atoms with Crippen molar-refractivity contribution in [1.29, 1.82) is 10.5 Å². The molecule has 0 atom stereocenters. The predicted octanol–water partition coefficient (Wildman–Crippen LogP) is 2.17. The minimum Gasteiger partial charge on any atom is -0.339 e. The number of carbonyl (C=O) groups excluding carboxylic acids is 1. The van der Waals surface area contributed by atoms with Crippen LogP contribution in [-0.2, 0) is 6.54 Å². The van der Waals surface area contributed by atoms with Crippen molar-refractivity contribution in [1.82, 2.24) is 25.1 Å². The summed E-state index contributed by atoms with van der Waals surface area (Å²) in [6.45, 7) is 2.03. The molecule has 0 bridgehead atoms. The second kappa shape index (κ2) is 8.43. The minimum absolute atomic E-state index is 0.0361. The Hall–Kier alpha value is -4.24. The largest absolute Gasteiger partial charge is 0.339 e. The van der Waals surface area contributed by atoms with E-state index in [1.807, 2.05) is 19.1 Å². The van der Waals surface area contributed by atoms with E-state index in [9.17, 15) is 4.79 Å². The number of nitriles is 2. The summed E-state index contributed by atoms with van der Waals surface area (Å²) in [6.07, 6.45) is 4.99. The van der Waals surface area contributed by atoms with E-state index in [0.717, 1.165) is 16.8 Å². The summed E-state index contributed by atoms with van der Waals surface area (Å²) in [6, 6.07) is 10.9. The molecule has 0 unspecified atom stereocenters. The Balaban J connectivity index is 1.80. The van der Waals surface area contributed by atoms with Gasteiger partial charge in [0.05, 0.1) is 29.7 Å². The molecule has 3 aromatic rings. The maximum absolute atomic E-state index is 11.9. The zero-order valence-corrected chi connectivity index (χ0v) is 15.0. The van der Waals surface area contributed by atoms with Crippen molar-refractivity contribution >= 4 is 17.5 Å². The number of benzene rings is 1. The molecular formula is C19H16N8O. The Bertz CT molecular complexity index is 1070. The van der Waals surface area contributed by atoms with E-state index in [-0.39, 0.29) is 19.0 Å². The molecule has 0 fully saturated rings. The normalized spacial score (nSPS) is 9.96. The highest BCUT2D eigenvalue weighted by molar-refractivity contribution is 5.94. The molecule has 0 aliphatic heterocycles. The fourth-order valence-electron chi connectivity index (χ4n) is 2.51. The number of aromatic nitrogens is 4. The fourth-order valence-corrected chi connectivity index (χ4v) is 2.51. The SMILES string of the molecule is Cc1cnc(Nc2cnn(CC#N)c2)nc1-c1ccc(C(=O)NCC#N)cc1. The van der Waals surface area contributed by atoms with Gasteiger partial charge in [-0.3, -0.25) is 9.48 Å². The first kappa shape index (κ1) is 18.5. The summed E-state index contributed by atoms with van der Waals surface area (Å²) in [4.78, 5) is 20.7. The van der Waals surface area contributed by atoms with Crippen molar-refractivity contribution in [2.75, 3.05) is 11.9 Å². The van der Waals surface area contributed by atoms with Crippen molar-refractivity contribution in [2.45, 2.75) is 13.5 Å². The lowest BCUT2D eigenvalue weighted by atomic mass is 10.1. The Kier molecular flexibility index (Phi) is 5.58. The summed E-state index contributed by atoms with van der Waals surface area (Å²) in [5.41, 5.74) is 3.58. The van der Waals surface area contributed by atoms with Crippen molar-refractivity contribution in [3.63, 3.8) is 0 Å². The first-order valence-corrected chi connectivity index (χ1v) is 8.36. The van der Waals surface area contributed by atoms with Gasteiger partial charge in [-0.1, -0.05) is 12.1 Å². The average molecular weight is 372 g/mol. The average Bonchev–Trinajstić information content (AvgIpc) is 3.15. The van der Waals surface area contributed by atoms with E-state index in [2.05, 4.69) is 25.7 Å². The molecule has 0 saturated carbocycles. The third kappa shape index (κ3) is 4.29. The van der Waals surface area contributed by atoms with Gasteiger partial charge in [-0.25, -0.2) is 9.97 Å². The van der Waals surface area contributed by atoms with E-state index in [4.69, 9.17) is 10.5 Å². The number of nitrogens with zero attached hydrogens (tertiary/aromatic N) is 6. The van der Waals surface area contributed by atoms with Crippen LogP contribution in [0.4, 0.5) is 11.6 Å². The molecule has 138 valence electrons.